The second kappa shape index (κ2) is 4.88. The lowest BCUT2D eigenvalue weighted by atomic mass is 10.1. The summed E-state index contributed by atoms with van der Waals surface area (Å²) in [5.41, 5.74) is 8.11. The van der Waals surface area contributed by atoms with Crippen molar-refractivity contribution in [3.05, 3.63) is 36.4 Å². The molecule has 0 aliphatic carbocycles. The summed E-state index contributed by atoms with van der Waals surface area (Å²) in [6, 6.07) is 11.6. The van der Waals surface area contributed by atoms with E-state index in [9.17, 15) is 0 Å². The maximum Gasteiger partial charge on any atom is 0.127 e. The van der Waals surface area contributed by atoms with Crippen molar-refractivity contribution in [2.45, 2.75) is 19.8 Å². The van der Waals surface area contributed by atoms with Crippen molar-refractivity contribution in [3.63, 3.8) is 0 Å². The Bertz CT molecular complexity index is 479. The lowest BCUT2D eigenvalue weighted by Crippen LogP contribution is -1.96. The molecule has 2 nitrogen and oxygen atoms in total. The number of fused-ring (bicyclic) bond motifs is 1. The van der Waals surface area contributed by atoms with Crippen molar-refractivity contribution >= 4 is 16.5 Å². The number of benzene rings is 2. The molecule has 1 N–H and O–H groups in total. The van der Waals surface area contributed by atoms with Gasteiger partial charge in [-0.15, -0.1) is 0 Å². The fourth-order valence-electron chi connectivity index (χ4n) is 1.71. The van der Waals surface area contributed by atoms with Gasteiger partial charge in [0.05, 0.1) is 12.3 Å². The monoisotopic (exact) mass is 214 g/mol. The van der Waals surface area contributed by atoms with Crippen molar-refractivity contribution in [2.75, 3.05) is 6.61 Å². The van der Waals surface area contributed by atoms with E-state index in [0.29, 0.717) is 5.69 Å². The molecule has 2 aromatic carbocycles. The van der Waals surface area contributed by atoms with Gasteiger partial charge in [-0.2, -0.15) is 0 Å². The van der Waals surface area contributed by atoms with Gasteiger partial charge in [-0.25, -0.2) is 0 Å². The molecule has 0 heterocycles. The Morgan fingerprint density at radius 2 is 2.06 bits per heavy atom. The topological polar surface area (TPSA) is 33.0 Å². The van der Waals surface area contributed by atoms with Crippen LogP contribution in [0.1, 0.15) is 19.8 Å². The van der Waals surface area contributed by atoms with E-state index in [1.54, 1.807) is 6.07 Å². The first-order chi connectivity index (χ1) is 7.81. The SMILES string of the molecule is CCCCOc1cccc2cc([NH])ccc12. The van der Waals surface area contributed by atoms with Crippen molar-refractivity contribution in [1.82, 2.24) is 5.73 Å². The van der Waals surface area contributed by atoms with Crippen LogP contribution in [0.5, 0.6) is 5.75 Å². The summed E-state index contributed by atoms with van der Waals surface area (Å²) in [5, 5.41) is 2.16. The number of hydrogen-bond donors (Lipinski definition) is 0. The van der Waals surface area contributed by atoms with Crippen LogP contribution in [0.3, 0.4) is 0 Å². The average molecular weight is 214 g/mol. The maximum atomic E-state index is 7.57. The van der Waals surface area contributed by atoms with E-state index in [0.717, 1.165) is 36.0 Å². The molecule has 1 radical (unpaired) electrons. The predicted molar refractivity (Wildman–Crippen MR) is 67.1 cm³/mol. The quantitative estimate of drug-likeness (QED) is 0.710. The molecular formula is C14H16NO. The number of ether oxygens (including phenoxy) is 1. The molecule has 16 heavy (non-hydrogen) atoms. The van der Waals surface area contributed by atoms with Gasteiger partial charge in [0.2, 0.25) is 0 Å². The van der Waals surface area contributed by atoms with Gasteiger partial charge < -0.3 is 10.5 Å². The van der Waals surface area contributed by atoms with Gasteiger partial charge in [-0.1, -0.05) is 25.5 Å². The molecule has 0 fully saturated rings. The molecule has 0 amide bonds. The molecular weight excluding hydrogens is 198 g/mol. The van der Waals surface area contributed by atoms with Crippen LogP contribution in [0.15, 0.2) is 36.4 Å². The van der Waals surface area contributed by atoms with E-state index in [1.807, 2.05) is 30.3 Å². The number of nitrogens with one attached hydrogen (secondary N) is 1. The third-order valence-corrected chi connectivity index (χ3v) is 2.60. The summed E-state index contributed by atoms with van der Waals surface area (Å²) >= 11 is 0. The predicted octanol–water partition coefficient (Wildman–Crippen LogP) is 3.93. The molecule has 0 aromatic heterocycles. The molecule has 2 aromatic rings. The largest absolute Gasteiger partial charge is 0.493 e. The number of rotatable bonds is 4. The van der Waals surface area contributed by atoms with Crippen LogP contribution in [0.2, 0.25) is 0 Å². The van der Waals surface area contributed by atoms with Gasteiger partial charge in [0.1, 0.15) is 5.75 Å². The van der Waals surface area contributed by atoms with E-state index >= 15 is 0 Å². The first kappa shape index (κ1) is 10.8. The molecule has 0 saturated carbocycles. The van der Waals surface area contributed by atoms with Gasteiger partial charge >= 0.3 is 0 Å². The first-order valence-electron chi connectivity index (χ1n) is 5.68. The summed E-state index contributed by atoms with van der Waals surface area (Å²) in [7, 11) is 0. The van der Waals surface area contributed by atoms with Crippen molar-refractivity contribution in [2.24, 2.45) is 0 Å². The van der Waals surface area contributed by atoms with E-state index in [-0.39, 0.29) is 0 Å². The van der Waals surface area contributed by atoms with Crippen LogP contribution < -0.4 is 10.5 Å². The summed E-state index contributed by atoms with van der Waals surface area (Å²) in [6.45, 7) is 2.91. The van der Waals surface area contributed by atoms with Crippen LogP contribution in [-0.4, -0.2) is 6.61 Å². The van der Waals surface area contributed by atoms with E-state index in [1.165, 1.54) is 0 Å². The smallest absolute Gasteiger partial charge is 0.127 e. The van der Waals surface area contributed by atoms with Gasteiger partial charge in [-0.05, 0) is 36.1 Å². The minimum absolute atomic E-state index is 0.540. The lowest BCUT2D eigenvalue weighted by molar-refractivity contribution is 0.313. The molecule has 83 valence electrons. The summed E-state index contributed by atoms with van der Waals surface area (Å²) < 4.78 is 5.74. The zero-order valence-electron chi connectivity index (χ0n) is 9.49. The zero-order chi connectivity index (χ0) is 11.4. The summed E-state index contributed by atoms with van der Waals surface area (Å²) in [5.74, 6) is 0.922. The standard InChI is InChI=1S/C14H16NO/c1-2-3-9-16-14-6-4-5-11-10-12(15)7-8-13(11)14/h4-8,10,15H,2-3,9H2,1H3. The van der Waals surface area contributed by atoms with Gasteiger partial charge in [0.25, 0.3) is 0 Å². The van der Waals surface area contributed by atoms with Crippen LogP contribution in [0, 0.1) is 0 Å². The molecule has 2 rings (SSSR count). The molecule has 0 atom stereocenters. The van der Waals surface area contributed by atoms with E-state index in [2.05, 4.69) is 6.92 Å². The van der Waals surface area contributed by atoms with E-state index in [4.69, 9.17) is 10.5 Å². The number of hydrogen-bond acceptors (Lipinski definition) is 1. The highest BCUT2D eigenvalue weighted by Gasteiger charge is 2.01. The third-order valence-electron chi connectivity index (χ3n) is 2.60. The molecule has 0 spiro atoms. The normalized spacial score (nSPS) is 10.6. The van der Waals surface area contributed by atoms with Crippen molar-refractivity contribution in [3.8, 4) is 5.75 Å². The molecule has 0 saturated heterocycles. The molecule has 0 unspecified atom stereocenters. The number of unbranched alkanes of at least 4 members (excludes halogenated alkanes) is 1. The second-order valence-corrected chi connectivity index (χ2v) is 3.89. The fraction of sp³-hybridized carbons (Fsp3) is 0.286. The Hall–Kier alpha value is -1.70. The maximum absolute atomic E-state index is 7.57. The fourth-order valence-corrected chi connectivity index (χ4v) is 1.71. The highest BCUT2D eigenvalue weighted by molar-refractivity contribution is 5.90. The van der Waals surface area contributed by atoms with E-state index < -0.39 is 0 Å². The van der Waals surface area contributed by atoms with Crippen LogP contribution in [-0.2, 0) is 0 Å². The van der Waals surface area contributed by atoms with Gasteiger partial charge in [0.15, 0.2) is 0 Å². The summed E-state index contributed by atoms with van der Waals surface area (Å²) in [6.07, 6.45) is 2.22. The molecule has 2 heteroatoms. The third kappa shape index (κ3) is 2.27. The van der Waals surface area contributed by atoms with Gasteiger partial charge in [0, 0.05) is 5.39 Å². The Morgan fingerprint density at radius 3 is 2.88 bits per heavy atom. The Balaban J connectivity index is 2.30. The average Bonchev–Trinajstić information content (AvgIpc) is 2.29. The Kier molecular flexibility index (Phi) is 3.30. The van der Waals surface area contributed by atoms with Crippen LogP contribution in [0.4, 0.5) is 5.69 Å². The molecule has 0 bridgehead atoms. The van der Waals surface area contributed by atoms with Crippen LogP contribution in [0.25, 0.3) is 10.8 Å². The summed E-state index contributed by atoms with van der Waals surface area (Å²) in [4.78, 5) is 0. The molecule has 0 aliphatic heterocycles. The lowest BCUT2D eigenvalue weighted by Gasteiger charge is -2.08. The highest BCUT2D eigenvalue weighted by Crippen LogP contribution is 2.27. The first-order valence-corrected chi connectivity index (χ1v) is 5.68. The second-order valence-electron chi connectivity index (χ2n) is 3.89. The Labute approximate surface area is 96.0 Å². The van der Waals surface area contributed by atoms with Gasteiger partial charge in [-0.3, -0.25) is 0 Å². The highest BCUT2D eigenvalue weighted by atomic mass is 16.5. The Morgan fingerprint density at radius 1 is 1.19 bits per heavy atom. The minimum Gasteiger partial charge on any atom is -0.493 e. The minimum atomic E-state index is 0.540. The van der Waals surface area contributed by atoms with Crippen molar-refractivity contribution < 1.29 is 4.74 Å². The molecule has 0 aliphatic rings. The van der Waals surface area contributed by atoms with Crippen molar-refractivity contribution in [1.29, 1.82) is 0 Å². The zero-order valence-corrected chi connectivity index (χ0v) is 9.49. The van der Waals surface area contributed by atoms with Crippen LogP contribution >= 0.6 is 0 Å².